The molecular formula is C6H5N3OS2. The third kappa shape index (κ3) is 0.886. The maximum absolute atomic E-state index is 11.4. The zero-order chi connectivity index (χ0) is 8.72. The van der Waals surface area contributed by atoms with Crippen LogP contribution in [0.15, 0.2) is 16.2 Å². The molecular weight excluding hydrogens is 194 g/mol. The van der Waals surface area contributed by atoms with Gasteiger partial charge in [-0.2, -0.15) is 4.68 Å². The summed E-state index contributed by atoms with van der Waals surface area (Å²) in [6.07, 6.45) is 0. The van der Waals surface area contributed by atoms with Crippen molar-refractivity contribution in [2.24, 2.45) is 0 Å². The van der Waals surface area contributed by atoms with Crippen molar-refractivity contribution in [1.82, 2.24) is 9.66 Å². The fourth-order valence-corrected chi connectivity index (χ4v) is 1.93. The van der Waals surface area contributed by atoms with Crippen molar-refractivity contribution in [3.05, 3.63) is 26.6 Å². The van der Waals surface area contributed by atoms with E-state index in [9.17, 15) is 4.79 Å². The van der Waals surface area contributed by atoms with Gasteiger partial charge in [-0.1, -0.05) is 0 Å². The van der Waals surface area contributed by atoms with Crippen molar-refractivity contribution in [3.63, 3.8) is 0 Å². The van der Waals surface area contributed by atoms with Crippen LogP contribution in [0.5, 0.6) is 0 Å². The van der Waals surface area contributed by atoms with Crippen LogP contribution < -0.4 is 11.4 Å². The lowest BCUT2D eigenvalue weighted by Gasteiger charge is -1.96. The first-order chi connectivity index (χ1) is 5.70. The topological polar surface area (TPSA) is 63.8 Å². The first kappa shape index (κ1) is 7.51. The number of nitrogen functional groups attached to an aromatic ring is 1. The van der Waals surface area contributed by atoms with Gasteiger partial charge in [0.1, 0.15) is 4.70 Å². The van der Waals surface area contributed by atoms with Crippen molar-refractivity contribution in [2.45, 2.75) is 0 Å². The van der Waals surface area contributed by atoms with Gasteiger partial charge < -0.3 is 10.8 Å². The first-order valence-electron chi connectivity index (χ1n) is 3.18. The molecule has 2 rings (SSSR count). The Balaban J connectivity index is 3.16. The minimum absolute atomic E-state index is 0.242. The van der Waals surface area contributed by atoms with E-state index in [0.29, 0.717) is 4.70 Å². The van der Waals surface area contributed by atoms with Crippen molar-refractivity contribution in [3.8, 4) is 0 Å². The molecule has 62 valence electrons. The van der Waals surface area contributed by atoms with Gasteiger partial charge in [0.2, 0.25) is 0 Å². The van der Waals surface area contributed by atoms with E-state index in [1.165, 1.54) is 11.3 Å². The standard InChI is InChI=1S/C6H5N3OS2/c7-9-5(10)4-3(1-2-12-4)8-6(9)11/h1-2H,7H2,(H,8,11). The SMILES string of the molecule is Nn1c(=S)[nH]c2ccsc2c1=O. The van der Waals surface area contributed by atoms with Crippen LogP contribution in [0.1, 0.15) is 0 Å². The molecule has 0 aliphatic carbocycles. The number of rotatable bonds is 0. The van der Waals surface area contributed by atoms with Crippen LogP contribution in [0.2, 0.25) is 0 Å². The average molecular weight is 199 g/mol. The molecule has 2 aromatic heterocycles. The summed E-state index contributed by atoms with van der Waals surface area (Å²) in [5, 5.41) is 1.82. The molecule has 0 atom stereocenters. The monoisotopic (exact) mass is 199 g/mol. The van der Waals surface area contributed by atoms with Gasteiger partial charge in [0.15, 0.2) is 4.77 Å². The van der Waals surface area contributed by atoms with Crippen LogP contribution in [0, 0.1) is 4.77 Å². The number of hydrogen-bond donors (Lipinski definition) is 2. The van der Waals surface area contributed by atoms with Crippen LogP contribution in [0.4, 0.5) is 0 Å². The number of hydrogen-bond acceptors (Lipinski definition) is 4. The molecule has 0 aliphatic rings. The van der Waals surface area contributed by atoms with Crippen molar-refractivity contribution in [2.75, 3.05) is 5.84 Å². The highest BCUT2D eigenvalue weighted by molar-refractivity contribution is 7.71. The van der Waals surface area contributed by atoms with Gasteiger partial charge >= 0.3 is 0 Å². The lowest BCUT2D eigenvalue weighted by Crippen LogP contribution is -2.27. The molecule has 4 nitrogen and oxygen atoms in total. The van der Waals surface area contributed by atoms with E-state index in [1.54, 1.807) is 6.07 Å². The van der Waals surface area contributed by atoms with Crippen LogP contribution in [0.25, 0.3) is 10.2 Å². The molecule has 0 saturated heterocycles. The van der Waals surface area contributed by atoms with Gasteiger partial charge in [-0.25, -0.2) is 0 Å². The summed E-state index contributed by atoms with van der Waals surface area (Å²) in [5.74, 6) is 5.38. The van der Waals surface area contributed by atoms with Crippen molar-refractivity contribution < 1.29 is 0 Å². The van der Waals surface area contributed by atoms with E-state index in [2.05, 4.69) is 4.98 Å². The van der Waals surface area contributed by atoms with E-state index in [0.717, 1.165) is 10.2 Å². The second-order valence-electron chi connectivity index (χ2n) is 2.27. The molecule has 0 spiro atoms. The molecule has 2 aromatic rings. The predicted molar refractivity (Wildman–Crippen MR) is 51.4 cm³/mol. The Bertz CT molecular complexity index is 535. The van der Waals surface area contributed by atoms with Crippen LogP contribution >= 0.6 is 23.6 Å². The largest absolute Gasteiger partial charge is 0.334 e. The highest BCUT2D eigenvalue weighted by Gasteiger charge is 2.02. The Morgan fingerprint density at radius 3 is 3.17 bits per heavy atom. The molecule has 3 N–H and O–H groups in total. The Morgan fingerprint density at radius 2 is 2.42 bits per heavy atom. The lowest BCUT2D eigenvalue weighted by molar-refractivity contribution is 0.895. The number of aromatic nitrogens is 2. The van der Waals surface area contributed by atoms with Gasteiger partial charge in [-0.05, 0) is 23.7 Å². The van der Waals surface area contributed by atoms with Gasteiger partial charge in [0, 0.05) is 0 Å². The van der Waals surface area contributed by atoms with Crippen molar-refractivity contribution >= 4 is 33.8 Å². The van der Waals surface area contributed by atoms with Gasteiger partial charge in [-0.15, -0.1) is 11.3 Å². The molecule has 12 heavy (non-hydrogen) atoms. The summed E-state index contributed by atoms with van der Waals surface area (Å²) in [5.41, 5.74) is 0.500. The first-order valence-corrected chi connectivity index (χ1v) is 4.46. The molecule has 0 amide bonds. The molecule has 0 bridgehead atoms. The normalized spacial score (nSPS) is 10.7. The minimum atomic E-state index is -0.247. The molecule has 0 unspecified atom stereocenters. The molecule has 0 saturated carbocycles. The number of thiophene rings is 1. The van der Waals surface area contributed by atoms with Crippen LogP contribution in [0.3, 0.4) is 0 Å². The zero-order valence-corrected chi connectivity index (χ0v) is 7.54. The highest BCUT2D eigenvalue weighted by Crippen LogP contribution is 2.12. The Hall–Kier alpha value is -1.14. The van der Waals surface area contributed by atoms with E-state index in [1.807, 2.05) is 5.38 Å². The Morgan fingerprint density at radius 1 is 1.67 bits per heavy atom. The summed E-state index contributed by atoms with van der Waals surface area (Å²) in [7, 11) is 0. The van der Waals surface area contributed by atoms with Gasteiger partial charge in [-0.3, -0.25) is 4.79 Å². The number of H-pyrrole nitrogens is 1. The van der Waals surface area contributed by atoms with E-state index in [4.69, 9.17) is 18.1 Å². The zero-order valence-electron chi connectivity index (χ0n) is 5.90. The fourth-order valence-electron chi connectivity index (χ4n) is 0.950. The summed E-state index contributed by atoms with van der Waals surface area (Å²) in [6.45, 7) is 0. The summed E-state index contributed by atoms with van der Waals surface area (Å²) in [6, 6.07) is 1.80. The van der Waals surface area contributed by atoms with Crippen LogP contribution in [-0.4, -0.2) is 9.66 Å². The molecule has 0 aromatic carbocycles. The van der Waals surface area contributed by atoms with E-state index < -0.39 is 0 Å². The number of nitrogens with zero attached hydrogens (tertiary/aromatic N) is 1. The third-order valence-electron chi connectivity index (χ3n) is 1.54. The maximum Gasteiger partial charge on any atom is 0.290 e. The van der Waals surface area contributed by atoms with Gasteiger partial charge in [0.25, 0.3) is 5.56 Å². The fraction of sp³-hybridized carbons (Fsp3) is 0. The third-order valence-corrected chi connectivity index (χ3v) is 2.74. The second-order valence-corrected chi connectivity index (χ2v) is 3.57. The number of nitrogens with one attached hydrogen (secondary N) is 1. The predicted octanol–water partition coefficient (Wildman–Crippen LogP) is 0.834. The second kappa shape index (κ2) is 2.43. The Kier molecular flexibility index (Phi) is 1.52. The maximum atomic E-state index is 11.4. The molecule has 2 heterocycles. The molecule has 6 heteroatoms. The highest BCUT2D eigenvalue weighted by atomic mass is 32.1. The number of nitrogens with two attached hydrogens (primary N) is 1. The minimum Gasteiger partial charge on any atom is -0.334 e. The summed E-state index contributed by atoms with van der Waals surface area (Å²) in [4.78, 5) is 14.2. The molecule has 0 fully saturated rings. The van der Waals surface area contributed by atoms with Crippen molar-refractivity contribution in [1.29, 1.82) is 0 Å². The lowest BCUT2D eigenvalue weighted by atomic mass is 10.5. The number of aromatic amines is 1. The smallest absolute Gasteiger partial charge is 0.290 e. The van der Waals surface area contributed by atoms with Gasteiger partial charge in [0.05, 0.1) is 5.52 Å². The Labute approximate surface area is 76.2 Å². The summed E-state index contributed by atoms with van der Waals surface area (Å²) >= 11 is 6.17. The number of fused-ring (bicyclic) bond motifs is 1. The summed E-state index contributed by atoms with van der Waals surface area (Å²) < 4.78 is 1.78. The average Bonchev–Trinajstić information content (AvgIpc) is 2.48. The molecule has 0 aliphatic heterocycles. The van der Waals surface area contributed by atoms with Crippen LogP contribution in [-0.2, 0) is 0 Å². The van der Waals surface area contributed by atoms with E-state index in [-0.39, 0.29) is 10.3 Å². The van der Waals surface area contributed by atoms with E-state index >= 15 is 0 Å². The molecule has 0 radical (unpaired) electrons. The quantitative estimate of drug-likeness (QED) is 0.488.